The Morgan fingerprint density at radius 3 is 2.33 bits per heavy atom. The van der Waals surface area contributed by atoms with Crippen molar-refractivity contribution in [2.24, 2.45) is 34.5 Å². The van der Waals surface area contributed by atoms with E-state index in [9.17, 15) is 24.6 Å². The molecule has 9 atom stereocenters. The molecule has 3 aliphatic carbocycles. The fourth-order valence-electron chi connectivity index (χ4n) is 8.19. The summed E-state index contributed by atoms with van der Waals surface area (Å²) in [5.74, 6) is -2.97. The Labute approximate surface area is 195 Å². The number of hydrogen-bond donors (Lipinski definition) is 2. The number of esters is 2. The molecule has 9 unspecified atom stereocenters. The van der Waals surface area contributed by atoms with Crippen LogP contribution >= 0.6 is 0 Å². The molecule has 0 bridgehead atoms. The van der Waals surface area contributed by atoms with Gasteiger partial charge in [0.05, 0.1) is 24.0 Å². The second kappa shape index (κ2) is 8.61. The summed E-state index contributed by atoms with van der Waals surface area (Å²) < 4.78 is 17.2. The van der Waals surface area contributed by atoms with Crippen molar-refractivity contribution in [3.8, 4) is 0 Å². The maximum atomic E-state index is 12.8. The standard InChI is InChI=1S/C25H38O8/c1-14(27)22-21(12-26)33-25(30)20-6-5-17-11-18(32-16(3)29)7-9-23(17,4)19(20)8-10-24(22,25)13-31-15(2)28/h17-22,26,30H,5-13H2,1-4H3. The monoisotopic (exact) mass is 466 g/mol. The lowest BCUT2D eigenvalue weighted by molar-refractivity contribution is -0.325. The summed E-state index contributed by atoms with van der Waals surface area (Å²) in [5.41, 5.74) is -1.12. The van der Waals surface area contributed by atoms with Crippen LogP contribution in [0.1, 0.15) is 72.6 Å². The SMILES string of the molecule is CC(=O)OCC12CCC3C(CCC4CC(OC(C)=O)CCC43C)C1(O)OC(CO)C2C(C)=O. The van der Waals surface area contributed by atoms with E-state index in [1.807, 2.05) is 0 Å². The molecule has 4 aliphatic rings. The average Bonchev–Trinajstić information content (AvgIpc) is 3.01. The summed E-state index contributed by atoms with van der Waals surface area (Å²) >= 11 is 0. The van der Waals surface area contributed by atoms with Crippen LogP contribution < -0.4 is 0 Å². The van der Waals surface area contributed by atoms with Gasteiger partial charge in [0.1, 0.15) is 18.5 Å². The van der Waals surface area contributed by atoms with Gasteiger partial charge in [0.2, 0.25) is 0 Å². The van der Waals surface area contributed by atoms with E-state index < -0.39 is 29.2 Å². The molecule has 8 heteroatoms. The number of carbonyl (C=O) groups excluding carboxylic acids is 3. The Bertz CT molecular complexity index is 812. The number of aliphatic hydroxyl groups is 2. The molecule has 4 fully saturated rings. The van der Waals surface area contributed by atoms with Crippen LogP contribution in [0.25, 0.3) is 0 Å². The van der Waals surface area contributed by atoms with Gasteiger partial charge in [-0.15, -0.1) is 0 Å². The molecule has 2 N–H and O–H groups in total. The lowest BCUT2D eigenvalue weighted by atomic mass is 9.44. The molecule has 8 nitrogen and oxygen atoms in total. The Morgan fingerprint density at radius 1 is 1.00 bits per heavy atom. The Hall–Kier alpha value is -1.51. The van der Waals surface area contributed by atoms with Gasteiger partial charge in [-0.3, -0.25) is 14.4 Å². The molecule has 0 radical (unpaired) electrons. The third-order valence-electron chi connectivity index (χ3n) is 9.54. The molecule has 186 valence electrons. The van der Waals surface area contributed by atoms with Gasteiger partial charge in [-0.2, -0.15) is 0 Å². The topological polar surface area (TPSA) is 119 Å². The molecule has 0 amide bonds. The first-order valence-electron chi connectivity index (χ1n) is 12.3. The van der Waals surface area contributed by atoms with E-state index in [0.29, 0.717) is 18.8 Å². The van der Waals surface area contributed by atoms with Gasteiger partial charge >= 0.3 is 11.9 Å². The quantitative estimate of drug-likeness (QED) is 0.593. The maximum absolute atomic E-state index is 12.8. The highest BCUT2D eigenvalue weighted by Gasteiger charge is 2.74. The van der Waals surface area contributed by atoms with Crippen molar-refractivity contribution in [3.63, 3.8) is 0 Å². The fraction of sp³-hybridized carbons (Fsp3) is 0.880. The zero-order valence-electron chi connectivity index (χ0n) is 20.2. The minimum atomic E-state index is -1.66. The van der Waals surface area contributed by atoms with E-state index in [1.54, 1.807) is 0 Å². The molecule has 1 aliphatic heterocycles. The van der Waals surface area contributed by atoms with E-state index >= 15 is 0 Å². The molecule has 0 aromatic carbocycles. The fourth-order valence-corrected chi connectivity index (χ4v) is 8.19. The van der Waals surface area contributed by atoms with Gasteiger partial charge < -0.3 is 24.4 Å². The first-order valence-corrected chi connectivity index (χ1v) is 12.3. The molecular formula is C25H38O8. The molecular weight excluding hydrogens is 428 g/mol. The van der Waals surface area contributed by atoms with Crippen LogP contribution in [0.3, 0.4) is 0 Å². The Balaban J connectivity index is 1.67. The van der Waals surface area contributed by atoms with Gasteiger partial charge in [0, 0.05) is 19.8 Å². The minimum absolute atomic E-state index is 0.0464. The van der Waals surface area contributed by atoms with Crippen molar-refractivity contribution in [1.82, 2.24) is 0 Å². The third kappa shape index (κ3) is 3.73. The van der Waals surface area contributed by atoms with Crippen molar-refractivity contribution in [2.45, 2.75) is 90.6 Å². The van der Waals surface area contributed by atoms with Crippen LogP contribution in [0.4, 0.5) is 0 Å². The molecule has 1 saturated heterocycles. The molecule has 0 aromatic rings. The van der Waals surface area contributed by atoms with Crippen LogP contribution in [0.15, 0.2) is 0 Å². The predicted octanol–water partition coefficient (Wildman–Crippen LogP) is 2.38. The summed E-state index contributed by atoms with van der Waals surface area (Å²) in [7, 11) is 0. The number of fused-ring (bicyclic) bond motifs is 5. The third-order valence-corrected chi connectivity index (χ3v) is 9.54. The van der Waals surface area contributed by atoms with Crippen LogP contribution in [0, 0.1) is 34.5 Å². The normalized spacial score (nSPS) is 46.5. The number of aliphatic hydroxyl groups excluding tert-OH is 1. The molecule has 0 aromatic heterocycles. The lowest BCUT2D eigenvalue weighted by Gasteiger charge is -2.62. The summed E-state index contributed by atoms with van der Waals surface area (Å²) in [5, 5.41) is 22.3. The first-order chi connectivity index (χ1) is 15.5. The Kier molecular flexibility index (Phi) is 6.42. The van der Waals surface area contributed by atoms with Gasteiger partial charge in [-0.05, 0) is 69.1 Å². The molecule has 3 saturated carbocycles. The molecule has 0 spiro atoms. The highest BCUT2D eigenvalue weighted by molar-refractivity contribution is 5.80. The second-order valence-electron chi connectivity index (χ2n) is 11.1. The maximum Gasteiger partial charge on any atom is 0.302 e. The van der Waals surface area contributed by atoms with Gasteiger partial charge in [-0.1, -0.05) is 6.92 Å². The van der Waals surface area contributed by atoms with E-state index in [1.165, 1.54) is 20.8 Å². The van der Waals surface area contributed by atoms with Gasteiger partial charge in [-0.25, -0.2) is 0 Å². The number of ketones is 1. The highest BCUT2D eigenvalue weighted by Crippen LogP contribution is 2.68. The summed E-state index contributed by atoms with van der Waals surface area (Å²) in [6, 6.07) is 0. The number of rotatable bonds is 5. The zero-order valence-corrected chi connectivity index (χ0v) is 20.2. The second-order valence-corrected chi connectivity index (χ2v) is 11.1. The van der Waals surface area contributed by atoms with Crippen molar-refractivity contribution < 1.29 is 38.8 Å². The van der Waals surface area contributed by atoms with Gasteiger partial charge in [0.15, 0.2) is 5.79 Å². The van der Waals surface area contributed by atoms with E-state index in [-0.39, 0.29) is 48.3 Å². The lowest BCUT2D eigenvalue weighted by Crippen LogP contribution is -2.65. The highest BCUT2D eigenvalue weighted by atomic mass is 16.7. The summed E-state index contributed by atoms with van der Waals surface area (Å²) in [4.78, 5) is 36.0. The van der Waals surface area contributed by atoms with E-state index in [2.05, 4.69) is 6.92 Å². The summed E-state index contributed by atoms with van der Waals surface area (Å²) in [6.07, 6.45) is 4.46. The van der Waals surface area contributed by atoms with E-state index in [4.69, 9.17) is 14.2 Å². The average molecular weight is 467 g/mol. The predicted molar refractivity (Wildman–Crippen MR) is 117 cm³/mol. The number of Topliss-reactive ketones (excluding diaryl/α,β-unsaturated/α-hetero) is 1. The molecule has 33 heavy (non-hydrogen) atoms. The molecule has 4 rings (SSSR count). The smallest absolute Gasteiger partial charge is 0.302 e. The van der Waals surface area contributed by atoms with Crippen LogP contribution in [-0.4, -0.2) is 59.1 Å². The van der Waals surface area contributed by atoms with Crippen LogP contribution in [0.5, 0.6) is 0 Å². The van der Waals surface area contributed by atoms with E-state index in [0.717, 1.165) is 32.1 Å². The van der Waals surface area contributed by atoms with Crippen LogP contribution in [-0.2, 0) is 28.6 Å². The van der Waals surface area contributed by atoms with Crippen molar-refractivity contribution in [2.75, 3.05) is 13.2 Å². The number of ether oxygens (including phenoxy) is 3. The van der Waals surface area contributed by atoms with Crippen molar-refractivity contribution in [1.29, 1.82) is 0 Å². The molecule has 1 heterocycles. The van der Waals surface area contributed by atoms with Crippen LogP contribution in [0.2, 0.25) is 0 Å². The largest absolute Gasteiger partial charge is 0.465 e. The minimum Gasteiger partial charge on any atom is -0.465 e. The van der Waals surface area contributed by atoms with Crippen molar-refractivity contribution in [3.05, 3.63) is 0 Å². The number of hydrogen-bond acceptors (Lipinski definition) is 8. The zero-order chi connectivity index (χ0) is 24.2. The van der Waals surface area contributed by atoms with Crippen molar-refractivity contribution >= 4 is 17.7 Å². The Morgan fingerprint density at radius 2 is 1.73 bits per heavy atom. The number of carbonyl (C=O) groups is 3. The first kappa shape index (κ1) is 24.6. The summed E-state index contributed by atoms with van der Waals surface area (Å²) in [6.45, 7) is 6.02. The van der Waals surface area contributed by atoms with Gasteiger partial charge in [0.25, 0.3) is 0 Å².